The van der Waals surface area contributed by atoms with Crippen molar-refractivity contribution in [2.45, 2.75) is 33.0 Å². The summed E-state index contributed by atoms with van der Waals surface area (Å²) in [7, 11) is 0. The molecule has 0 aliphatic carbocycles. The maximum atomic E-state index is 11.7. The van der Waals surface area contributed by atoms with Crippen LogP contribution in [0.3, 0.4) is 0 Å². The Morgan fingerprint density at radius 2 is 2.00 bits per heavy atom. The molecule has 2 aromatic heterocycles. The van der Waals surface area contributed by atoms with Gasteiger partial charge in [-0.25, -0.2) is 4.79 Å². The third-order valence-corrected chi connectivity index (χ3v) is 2.95. The first-order chi connectivity index (χ1) is 10.1. The minimum Gasteiger partial charge on any atom is -0.478 e. The molecule has 2 rings (SSSR count). The molecule has 2 heterocycles. The van der Waals surface area contributed by atoms with Crippen molar-refractivity contribution in [2.24, 2.45) is 0 Å². The average molecular weight is 291 g/mol. The monoisotopic (exact) mass is 291 g/mol. The fourth-order valence-corrected chi connectivity index (χ4v) is 1.77. The Labute approximate surface area is 121 Å². The molecule has 0 atom stereocenters. The lowest BCUT2D eigenvalue weighted by atomic mass is 10.3. The molecule has 112 valence electrons. The lowest BCUT2D eigenvalue weighted by Gasteiger charge is -2.03. The number of nitrogens with one attached hydrogen (secondary N) is 1. The largest absolute Gasteiger partial charge is 0.478 e. The summed E-state index contributed by atoms with van der Waals surface area (Å²) < 4.78 is 3.23. The van der Waals surface area contributed by atoms with E-state index in [9.17, 15) is 9.59 Å². The Hall–Kier alpha value is -2.64. The first-order valence-electron chi connectivity index (χ1n) is 6.62. The van der Waals surface area contributed by atoms with Crippen molar-refractivity contribution >= 4 is 11.9 Å². The Morgan fingerprint density at radius 3 is 2.62 bits per heavy atom. The predicted octanol–water partition coefficient (Wildman–Crippen LogP) is 0.504. The van der Waals surface area contributed by atoms with Gasteiger partial charge in [-0.05, 0) is 6.92 Å². The quantitative estimate of drug-likeness (QED) is 0.773. The summed E-state index contributed by atoms with van der Waals surface area (Å²) in [6, 6.07) is 0. The van der Waals surface area contributed by atoms with E-state index in [2.05, 4.69) is 15.5 Å². The highest BCUT2D eigenvalue weighted by Gasteiger charge is 2.07. The number of aromatic nitrogens is 4. The molecule has 0 aliphatic rings. The van der Waals surface area contributed by atoms with Gasteiger partial charge >= 0.3 is 5.97 Å². The van der Waals surface area contributed by atoms with E-state index in [-0.39, 0.29) is 17.9 Å². The fourth-order valence-electron chi connectivity index (χ4n) is 1.77. The zero-order chi connectivity index (χ0) is 15.2. The van der Waals surface area contributed by atoms with Crippen LogP contribution in [0.15, 0.2) is 24.8 Å². The van der Waals surface area contributed by atoms with Crippen LogP contribution in [0.1, 0.15) is 29.3 Å². The smallest absolute Gasteiger partial charge is 0.338 e. The molecule has 0 aliphatic heterocycles. The summed E-state index contributed by atoms with van der Waals surface area (Å²) in [6.45, 7) is 3.55. The molecule has 0 bridgehead atoms. The van der Waals surface area contributed by atoms with E-state index in [1.54, 1.807) is 10.9 Å². The normalized spacial score (nSPS) is 10.5. The molecule has 8 nitrogen and oxygen atoms in total. The number of aromatic carboxylic acids is 1. The van der Waals surface area contributed by atoms with Crippen molar-refractivity contribution in [1.82, 2.24) is 24.9 Å². The number of nitrogens with zero attached hydrogens (tertiary/aromatic N) is 4. The van der Waals surface area contributed by atoms with Crippen LogP contribution < -0.4 is 5.32 Å². The number of carboxylic acid groups (broad SMARTS) is 1. The molecule has 0 saturated carbocycles. The number of aryl methyl sites for hydroxylation is 2. The van der Waals surface area contributed by atoms with Crippen LogP contribution in [0, 0.1) is 0 Å². The highest BCUT2D eigenvalue weighted by Crippen LogP contribution is 2.00. The van der Waals surface area contributed by atoms with E-state index < -0.39 is 5.97 Å². The zero-order valence-corrected chi connectivity index (χ0v) is 11.7. The maximum absolute atomic E-state index is 11.7. The van der Waals surface area contributed by atoms with Gasteiger partial charge in [0.15, 0.2) is 0 Å². The van der Waals surface area contributed by atoms with Crippen molar-refractivity contribution < 1.29 is 14.7 Å². The van der Waals surface area contributed by atoms with Gasteiger partial charge < -0.3 is 10.4 Å². The van der Waals surface area contributed by atoms with E-state index in [1.165, 1.54) is 17.1 Å². The summed E-state index contributed by atoms with van der Waals surface area (Å²) in [5.41, 5.74) is 1.06. The van der Waals surface area contributed by atoms with Crippen molar-refractivity contribution in [1.29, 1.82) is 0 Å². The SMILES string of the molecule is CCn1cc(CNC(=O)CCn2cc(C(=O)O)cn2)cn1. The van der Waals surface area contributed by atoms with Gasteiger partial charge in [0.05, 0.1) is 18.0 Å². The summed E-state index contributed by atoms with van der Waals surface area (Å²) in [5, 5.41) is 19.6. The molecule has 8 heteroatoms. The second kappa shape index (κ2) is 6.69. The molecule has 0 fully saturated rings. The molecule has 2 N–H and O–H groups in total. The second-order valence-electron chi connectivity index (χ2n) is 4.53. The van der Waals surface area contributed by atoms with Crippen molar-refractivity contribution in [3.8, 4) is 0 Å². The summed E-state index contributed by atoms with van der Waals surface area (Å²) in [4.78, 5) is 22.4. The number of hydrogen-bond acceptors (Lipinski definition) is 4. The summed E-state index contributed by atoms with van der Waals surface area (Å²) in [5.74, 6) is -1.15. The van der Waals surface area contributed by atoms with Gasteiger partial charge in [-0.1, -0.05) is 0 Å². The lowest BCUT2D eigenvalue weighted by molar-refractivity contribution is -0.121. The Kier molecular flexibility index (Phi) is 4.70. The number of amides is 1. The zero-order valence-electron chi connectivity index (χ0n) is 11.7. The van der Waals surface area contributed by atoms with Crippen LogP contribution in [0.5, 0.6) is 0 Å². The van der Waals surface area contributed by atoms with Crippen molar-refractivity contribution in [2.75, 3.05) is 0 Å². The van der Waals surface area contributed by atoms with Crippen LogP contribution in [-0.2, 0) is 24.4 Å². The number of carbonyl (C=O) groups is 2. The van der Waals surface area contributed by atoms with Crippen LogP contribution in [0.25, 0.3) is 0 Å². The number of rotatable bonds is 7. The molecule has 0 saturated heterocycles. The van der Waals surface area contributed by atoms with Crippen molar-refractivity contribution in [3.63, 3.8) is 0 Å². The van der Waals surface area contributed by atoms with E-state index in [0.29, 0.717) is 13.1 Å². The van der Waals surface area contributed by atoms with Crippen LogP contribution in [-0.4, -0.2) is 36.5 Å². The van der Waals surface area contributed by atoms with Gasteiger partial charge in [-0.15, -0.1) is 0 Å². The van der Waals surface area contributed by atoms with Crippen LogP contribution in [0.2, 0.25) is 0 Å². The highest BCUT2D eigenvalue weighted by molar-refractivity contribution is 5.86. The van der Waals surface area contributed by atoms with Gasteiger partial charge in [0.1, 0.15) is 0 Å². The Morgan fingerprint density at radius 1 is 1.24 bits per heavy atom. The molecule has 21 heavy (non-hydrogen) atoms. The minimum atomic E-state index is -1.03. The fraction of sp³-hybridized carbons (Fsp3) is 0.385. The number of hydrogen-bond donors (Lipinski definition) is 2. The summed E-state index contributed by atoms with van der Waals surface area (Å²) >= 11 is 0. The van der Waals surface area contributed by atoms with Gasteiger partial charge in [-0.2, -0.15) is 10.2 Å². The van der Waals surface area contributed by atoms with Crippen LogP contribution in [0.4, 0.5) is 0 Å². The third kappa shape index (κ3) is 4.16. The highest BCUT2D eigenvalue weighted by atomic mass is 16.4. The minimum absolute atomic E-state index is 0.113. The molecular formula is C13H17N5O3. The van der Waals surface area contributed by atoms with Crippen molar-refractivity contribution in [3.05, 3.63) is 35.9 Å². The first kappa shape index (κ1) is 14.8. The standard InChI is InChI=1S/C13H17N5O3/c1-2-17-8-10(6-15-17)5-14-12(19)3-4-18-9-11(7-16-18)13(20)21/h6-9H,2-5H2,1H3,(H,14,19)(H,20,21). The van der Waals surface area contributed by atoms with Gasteiger partial charge in [0.25, 0.3) is 0 Å². The van der Waals surface area contributed by atoms with Gasteiger partial charge in [0.2, 0.25) is 5.91 Å². The van der Waals surface area contributed by atoms with Crippen LogP contribution >= 0.6 is 0 Å². The molecule has 0 aromatic carbocycles. The predicted molar refractivity (Wildman–Crippen MR) is 73.6 cm³/mol. The molecule has 0 radical (unpaired) electrons. The average Bonchev–Trinajstić information content (AvgIpc) is 3.11. The molecule has 2 aromatic rings. The van der Waals surface area contributed by atoms with E-state index >= 15 is 0 Å². The summed E-state index contributed by atoms with van der Waals surface area (Å²) in [6.07, 6.45) is 6.51. The molecular weight excluding hydrogens is 274 g/mol. The Balaban J connectivity index is 1.75. The van der Waals surface area contributed by atoms with E-state index in [1.807, 2.05) is 13.1 Å². The van der Waals surface area contributed by atoms with Gasteiger partial charge in [0, 0.05) is 44.0 Å². The molecule has 0 unspecified atom stereocenters. The van der Waals surface area contributed by atoms with E-state index in [4.69, 9.17) is 5.11 Å². The van der Waals surface area contributed by atoms with Gasteiger partial charge in [-0.3, -0.25) is 14.2 Å². The lowest BCUT2D eigenvalue weighted by Crippen LogP contribution is -2.23. The third-order valence-electron chi connectivity index (χ3n) is 2.95. The first-order valence-corrected chi connectivity index (χ1v) is 6.62. The van der Waals surface area contributed by atoms with E-state index in [0.717, 1.165) is 12.1 Å². The molecule has 1 amide bonds. The second-order valence-corrected chi connectivity index (χ2v) is 4.53. The molecule has 0 spiro atoms. The topological polar surface area (TPSA) is 102 Å². The number of carboxylic acids is 1. The Bertz CT molecular complexity index is 631. The maximum Gasteiger partial charge on any atom is 0.338 e. The number of carbonyl (C=O) groups excluding carboxylic acids is 1.